The Hall–Kier alpha value is -1.56. The van der Waals surface area contributed by atoms with E-state index in [0.29, 0.717) is 12.5 Å². The highest BCUT2D eigenvalue weighted by atomic mass is 127. The minimum Gasteiger partial charge on any atom is -0.444 e. The molecule has 0 unspecified atom stereocenters. The summed E-state index contributed by atoms with van der Waals surface area (Å²) in [6.07, 6.45) is 2.14. The van der Waals surface area contributed by atoms with Gasteiger partial charge in [0.05, 0.1) is 5.69 Å². The molecule has 0 aromatic heterocycles. The summed E-state index contributed by atoms with van der Waals surface area (Å²) >= 11 is 2.27. The van der Waals surface area contributed by atoms with Crippen LogP contribution in [0.4, 0.5) is 10.5 Å². The lowest BCUT2D eigenvalue weighted by molar-refractivity contribution is 0.146. The Morgan fingerprint density at radius 1 is 1.09 bits per heavy atom. The van der Waals surface area contributed by atoms with Crippen LogP contribution in [0.5, 0.6) is 0 Å². The molecule has 114 valence electrons. The first-order chi connectivity index (χ1) is 10.7. The SMILES string of the molecule is O=C(OCc1ccccc1)N(CC1CC1)c1ccccc1I. The topological polar surface area (TPSA) is 29.5 Å². The molecule has 0 spiro atoms. The summed E-state index contributed by atoms with van der Waals surface area (Å²) in [5, 5.41) is 0. The van der Waals surface area contributed by atoms with Gasteiger partial charge in [-0.1, -0.05) is 42.5 Å². The van der Waals surface area contributed by atoms with Gasteiger partial charge in [0.1, 0.15) is 6.61 Å². The molecule has 0 atom stereocenters. The minimum atomic E-state index is -0.264. The van der Waals surface area contributed by atoms with Crippen molar-refractivity contribution in [3.63, 3.8) is 0 Å². The lowest BCUT2D eigenvalue weighted by Crippen LogP contribution is -2.34. The Balaban J connectivity index is 1.71. The van der Waals surface area contributed by atoms with E-state index >= 15 is 0 Å². The Morgan fingerprint density at radius 2 is 1.77 bits per heavy atom. The molecule has 4 heteroatoms. The number of carbonyl (C=O) groups excluding carboxylic acids is 1. The normalized spacial score (nSPS) is 13.7. The summed E-state index contributed by atoms with van der Waals surface area (Å²) in [4.78, 5) is 14.3. The third-order valence-corrected chi connectivity index (χ3v) is 4.62. The highest BCUT2D eigenvalue weighted by molar-refractivity contribution is 14.1. The van der Waals surface area contributed by atoms with Crippen molar-refractivity contribution in [2.75, 3.05) is 11.4 Å². The van der Waals surface area contributed by atoms with Gasteiger partial charge in [-0.25, -0.2) is 4.79 Å². The molecule has 3 nitrogen and oxygen atoms in total. The zero-order valence-corrected chi connectivity index (χ0v) is 14.4. The van der Waals surface area contributed by atoms with Gasteiger partial charge in [0.2, 0.25) is 0 Å². The van der Waals surface area contributed by atoms with Gasteiger partial charge in [0, 0.05) is 10.1 Å². The van der Waals surface area contributed by atoms with Gasteiger partial charge in [0.25, 0.3) is 0 Å². The number of para-hydroxylation sites is 1. The fourth-order valence-electron chi connectivity index (χ4n) is 2.30. The molecule has 0 heterocycles. The molecule has 0 radical (unpaired) electrons. The Morgan fingerprint density at radius 3 is 2.45 bits per heavy atom. The molecule has 1 fully saturated rings. The maximum atomic E-state index is 12.5. The van der Waals surface area contributed by atoms with E-state index in [9.17, 15) is 4.79 Å². The second-order valence-corrected chi connectivity index (χ2v) is 6.71. The van der Waals surface area contributed by atoms with E-state index < -0.39 is 0 Å². The molecule has 0 bridgehead atoms. The molecule has 1 aliphatic rings. The average molecular weight is 407 g/mol. The van der Waals surface area contributed by atoms with Crippen LogP contribution in [-0.4, -0.2) is 12.6 Å². The Kier molecular flexibility index (Phi) is 4.97. The summed E-state index contributed by atoms with van der Waals surface area (Å²) in [6.45, 7) is 1.05. The zero-order valence-electron chi connectivity index (χ0n) is 12.2. The van der Waals surface area contributed by atoms with E-state index in [4.69, 9.17) is 4.74 Å². The fourth-order valence-corrected chi connectivity index (χ4v) is 2.98. The van der Waals surface area contributed by atoms with E-state index in [0.717, 1.165) is 21.4 Å². The van der Waals surface area contributed by atoms with Crippen LogP contribution in [-0.2, 0) is 11.3 Å². The highest BCUT2D eigenvalue weighted by Crippen LogP contribution is 2.33. The molecule has 0 N–H and O–H groups in total. The minimum absolute atomic E-state index is 0.264. The summed E-state index contributed by atoms with van der Waals surface area (Å²) in [5.74, 6) is 0.611. The van der Waals surface area contributed by atoms with Crippen molar-refractivity contribution in [3.8, 4) is 0 Å². The average Bonchev–Trinajstić information content (AvgIpc) is 3.36. The maximum absolute atomic E-state index is 12.5. The molecule has 0 aliphatic heterocycles. The lowest BCUT2D eigenvalue weighted by atomic mass is 10.2. The number of hydrogen-bond acceptors (Lipinski definition) is 2. The lowest BCUT2D eigenvalue weighted by Gasteiger charge is -2.23. The van der Waals surface area contributed by atoms with Crippen LogP contribution < -0.4 is 4.90 Å². The summed E-state index contributed by atoms with van der Waals surface area (Å²) in [7, 11) is 0. The molecular formula is C18H18INO2. The molecule has 1 amide bonds. The Labute approximate surface area is 144 Å². The number of ether oxygens (including phenoxy) is 1. The zero-order chi connectivity index (χ0) is 15.4. The van der Waals surface area contributed by atoms with Crippen LogP contribution in [0.2, 0.25) is 0 Å². The van der Waals surface area contributed by atoms with Gasteiger partial charge in [-0.2, -0.15) is 0 Å². The number of hydrogen-bond donors (Lipinski definition) is 0. The predicted molar refractivity (Wildman–Crippen MR) is 95.9 cm³/mol. The molecular weight excluding hydrogens is 389 g/mol. The van der Waals surface area contributed by atoms with Crippen molar-refractivity contribution in [3.05, 3.63) is 63.7 Å². The van der Waals surface area contributed by atoms with Gasteiger partial charge in [-0.3, -0.25) is 4.90 Å². The van der Waals surface area contributed by atoms with E-state index in [-0.39, 0.29) is 6.09 Å². The predicted octanol–water partition coefficient (Wildman–Crippen LogP) is 4.84. The standard InChI is InChI=1S/C18H18INO2/c19-16-8-4-5-9-17(16)20(12-14-10-11-14)18(21)22-13-15-6-2-1-3-7-15/h1-9,14H,10-13H2. The van der Waals surface area contributed by atoms with Crippen LogP contribution in [0.25, 0.3) is 0 Å². The van der Waals surface area contributed by atoms with Crippen molar-refractivity contribution < 1.29 is 9.53 Å². The third-order valence-electron chi connectivity index (χ3n) is 3.71. The first-order valence-electron chi connectivity index (χ1n) is 7.47. The number of halogens is 1. The number of carbonyl (C=O) groups is 1. The molecule has 1 aliphatic carbocycles. The Bertz CT molecular complexity index is 641. The second-order valence-electron chi connectivity index (χ2n) is 5.55. The van der Waals surface area contributed by atoms with Crippen LogP contribution in [0.1, 0.15) is 18.4 Å². The van der Waals surface area contributed by atoms with Crippen LogP contribution in [0.3, 0.4) is 0 Å². The summed E-state index contributed by atoms with van der Waals surface area (Å²) < 4.78 is 6.58. The summed E-state index contributed by atoms with van der Waals surface area (Å²) in [5.41, 5.74) is 1.94. The molecule has 2 aromatic carbocycles. The quantitative estimate of drug-likeness (QED) is 0.664. The van der Waals surface area contributed by atoms with Gasteiger partial charge in [-0.05, 0) is 59.0 Å². The number of rotatable bonds is 5. The number of anilines is 1. The first-order valence-corrected chi connectivity index (χ1v) is 8.54. The molecule has 22 heavy (non-hydrogen) atoms. The molecule has 1 saturated carbocycles. The number of amides is 1. The van der Waals surface area contributed by atoms with E-state index in [1.807, 2.05) is 54.6 Å². The van der Waals surface area contributed by atoms with Crippen molar-refractivity contribution >= 4 is 34.4 Å². The number of nitrogens with zero attached hydrogens (tertiary/aromatic N) is 1. The van der Waals surface area contributed by atoms with E-state index in [1.54, 1.807) is 4.90 Å². The fraction of sp³-hybridized carbons (Fsp3) is 0.278. The van der Waals surface area contributed by atoms with Gasteiger partial charge in [-0.15, -0.1) is 0 Å². The van der Waals surface area contributed by atoms with E-state index in [1.165, 1.54) is 12.8 Å². The van der Waals surface area contributed by atoms with Crippen LogP contribution in [0.15, 0.2) is 54.6 Å². The largest absolute Gasteiger partial charge is 0.444 e. The second kappa shape index (κ2) is 7.13. The first kappa shape index (κ1) is 15.3. The molecule has 2 aromatic rings. The maximum Gasteiger partial charge on any atom is 0.414 e. The van der Waals surface area contributed by atoms with Gasteiger partial charge < -0.3 is 4.74 Å². The van der Waals surface area contributed by atoms with Crippen molar-refractivity contribution in [2.45, 2.75) is 19.4 Å². The van der Waals surface area contributed by atoms with E-state index in [2.05, 4.69) is 22.6 Å². The molecule has 3 rings (SSSR count). The van der Waals surface area contributed by atoms with Gasteiger partial charge >= 0.3 is 6.09 Å². The van der Waals surface area contributed by atoms with Crippen LogP contribution in [0, 0.1) is 9.49 Å². The van der Waals surface area contributed by atoms with Gasteiger partial charge in [0.15, 0.2) is 0 Å². The van der Waals surface area contributed by atoms with Crippen molar-refractivity contribution in [1.29, 1.82) is 0 Å². The highest BCUT2D eigenvalue weighted by Gasteiger charge is 2.29. The van der Waals surface area contributed by atoms with Crippen molar-refractivity contribution in [1.82, 2.24) is 0 Å². The van der Waals surface area contributed by atoms with Crippen molar-refractivity contribution in [2.24, 2.45) is 5.92 Å². The molecule has 0 saturated heterocycles. The monoisotopic (exact) mass is 407 g/mol. The summed E-state index contributed by atoms with van der Waals surface area (Å²) in [6, 6.07) is 17.7. The smallest absolute Gasteiger partial charge is 0.414 e. The van der Waals surface area contributed by atoms with Crippen LogP contribution >= 0.6 is 22.6 Å². The third kappa shape index (κ3) is 4.00. The number of benzene rings is 2.